The number of amides is 1. The Hall–Kier alpha value is -1.06. The van der Waals surface area contributed by atoms with Gasteiger partial charge in [0.15, 0.2) is 0 Å². The van der Waals surface area contributed by atoms with Crippen molar-refractivity contribution in [3.05, 3.63) is 0 Å². The first-order valence-electron chi connectivity index (χ1n) is 4.11. The highest BCUT2D eigenvalue weighted by atomic mass is 16.4. The van der Waals surface area contributed by atoms with Gasteiger partial charge in [-0.2, -0.15) is 0 Å². The van der Waals surface area contributed by atoms with Gasteiger partial charge in [-0.15, -0.1) is 0 Å². The zero-order chi connectivity index (χ0) is 8.88. The third-order valence-corrected chi connectivity index (χ3v) is 3.01. The fourth-order valence-corrected chi connectivity index (χ4v) is 2.44. The van der Waals surface area contributed by atoms with Crippen LogP contribution in [0.5, 0.6) is 0 Å². The average Bonchev–Trinajstić information content (AvgIpc) is 2.37. The number of hydrogen-bond donors (Lipinski definition) is 1. The molecule has 3 fully saturated rings. The Morgan fingerprint density at radius 1 is 1.50 bits per heavy atom. The molecular formula is C8H11NO3. The van der Waals surface area contributed by atoms with Crippen LogP contribution in [-0.4, -0.2) is 34.5 Å². The molecule has 1 aliphatic carbocycles. The molecule has 3 rings (SSSR count). The van der Waals surface area contributed by atoms with E-state index in [1.807, 2.05) is 0 Å². The summed E-state index contributed by atoms with van der Waals surface area (Å²) in [5.74, 6) is 0.449. The summed E-state index contributed by atoms with van der Waals surface area (Å²) in [7, 11) is 0. The summed E-state index contributed by atoms with van der Waals surface area (Å²) < 4.78 is 0. The van der Waals surface area contributed by atoms with Crippen LogP contribution in [0, 0.1) is 11.8 Å². The number of rotatable bonds is 1. The summed E-state index contributed by atoms with van der Waals surface area (Å²) >= 11 is 0. The van der Waals surface area contributed by atoms with E-state index in [9.17, 15) is 9.59 Å². The lowest BCUT2D eigenvalue weighted by atomic mass is 9.72. The van der Waals surface area contributed by atoms with Crippen LogP contribution in [-0.2, 0) is 4.79 Å². The van der Waals surface area contributed by atoms with Gasteiger partial charge in [0.2, 0.25) is 0 Å². The van der Waals surface area contributed by atoms with Crippen molar-refractivity contribution in [2.45, 2.75) is 19.4 Å². The van der Waals surface area contributed by atoms with Gasteiger partial charge in [0, 0.05) is 18.5 Å². The molecule has 0 radical (unpaired) electrons. The molecule has 3 aliphatic rings. The van der Waals surface area contributed by atoms with E-state index in [0.717, 1.165) is 6.42 Å². The minimum atomic E-state index is -0.883. The highest BCUT2D eigenvalue weighted by Gasteiger charge is 2.55. The van der Waals surface area contributed by atoms with Gasteiger partial charge in [0.1, 0.15) is 5.78 Å². The molecule has 2 saturated heterocycles. The first-order valence-corrected chi connectivity index (χ1v) is 4.11. The van der Waals surface area contributed by atoms with Gasteiger partial charge < -0.3 is 10.0 Å². The van der Waals surface area contributed by atoms with Crippen LogP contribution in [0.2, 0.25) is 0 Å². The lowest BCUT2D eigenvalue weighted by Gasteiger charge is -2.33. The molecule has 2 aliphatic heterocycles. The third-order valence-electron chi connectivity index (χ3n) is 3.01. The average molecular weight is 169 g/mol. The van der Waals surface area contributed by atoms with E-state index >= 15 is 0 Å². The van der Waals surface area contributed by atoms with Crippen LogP contribution in [0.4, 0.5) is 4.79 Å². The summed E-state index contributed by atoms with van der Waals surface area (Å²) in [4.78, 5) is 23.1. The Morgan fingerprint density at radius 2 is 2.17 bits per heavy atom. The van der Waals surface area contributed by atoms with E-state index in [-0.39, 0.29) is 17.7 Å². The van der Waals surface area contributed by atoms with Crippen LogP contribution < -0.4 is 0 Å². The smallest absolute Gasteiger partial charge is 0.407 e. The predicted molar refractivity (Wildman–Crippen MR) is 40.8 cm³/mol. The van der Waals surface area contributed by atoms with Crippen LogP contribution in [0.15, 0.2) is 0 Å². The monoisotopic (exact) mass is 169 g/mol. The second-order valence-corrected chi connectivity index (χ2v) is 3.63. The highest BCUT2D eigenvalue weighted by Crippen LogP contribution is 2.46. The standard InChI is InChI=1S/C8H11NO3/c1-4(10)7-5-2-6(7)9(3-5)8(11)12/h5-7H,2-3H2,1H3,(H,11,12). The number of ketones is 1. The van der Waals surface area contributed by atoms with E-state index in [4.69, 9.17) is 5.11 Å². The SMILES string of the molecule is CC(=O)C1C2CC1N(C(=O)O)C2. The van der Waals surface area contributed by atoms with Crippen LogP contribution in [0.25, 0.3) is 0 Å². The van der Waals surface area contributed by atoms with Gasteiger partial charge in [0.25, 0.3) is 0 Å². The quantitative estimate of drug-likeness (QED) is 0.624. The third kappa shape index (κ3) is 0.777. The second kappa shape index (κ2) is 2.21. The molecule has 0 aromatic rings. The molecule has 2 heterocycles. The van der Waals surface area contributed by atoms with Crippen LogP contribution >= 0.6 is 0 Å². The first kappa shape index (κ1) is 7.58. The molecule has 0 spiro atoms. The van der Waals surface area contributed by atoms with E-state index in [2.05, 4.69) is 0 Å². The van der Waals surface area contributed by atoms with Crippen molar-refractivity contribution in [2.24, 2.45) is 11.8 Å². The van der Waals surface area contributed by atoms with Crippen molar-refractivity contribution in [3.8, 4) is 0 Å². The molecule has 3 atom stereocenters. The molecule has 0 aromatic carbocycles. The topological polar surface area (TPSA) is 57.6 Å². The summed E-state index contributed by atoms with van der Waals surface area (Å²) in [6.45, 7) is 2.11. The largest absolute Gasteiger partial charge is 0.465 e. The molecule has 66 valence electrons. The zero-order valence-electron chi connectivity index (χ0n) is 6.86. The second-order valence-electron chi connectivity index (χ2n) is 3.63. The molecule has 1 saturated carbocycles. The highest BCUT2D eigenvalue weighted by molar-refractivity contribution is 5.82. The van der Waals surface area contributed by atoms with Gasteiger partial charge in [-0.1, -0.05) is 0 Å². The Bertz CT molecular complexity index is 235. The number of fused-ring (bicyclic) bond motifs is 1. The maximum atomic E-state index is 11.0. The van der Waals surface area contributed by atoms with Crippen molar-refractivity contribution in [3.63, 3.8) is 0 Å². The molecule has 0 aromatic heterocycles. The summed E-state index contributed by atoms with van der Waals surface area (Å²) in [5.41, 5.74) is 0. The Balaban J connectivity index is 2.11. The van der Waals surface area contributed by atoms with Crippen LogP contribution in [0.1, 0.15) is 13.3 Å². The summed E-state index contributed by atoms with van der Waals surface area (Å²) in [5, 5.41) is 8.72. The van der Waals surface area contributed by atoms with E-state index < -0.39 is 6.09 Å². The van der Waals surface area contributed by atoms with Crippen molar-refractivity contribution in [1.29, 1.82) is 0 Å². The molecular weight excluding hydrogens is 158 g/mol. The van der Waals surface area contributed by atoms with E-state index in [1.165, 1.54) is 4.90 Å². The minimum absolute atomic E-state index is 0.00102. The number of carbonyl (C=O) groups excluding carboxylic acids is 1. The maximum absolute atomic E-state index is 11.0. The van der Waals surface area contributed by atoms with E-state index in [1.54, 1.807) is 6.92 Å². The Kier molecular flexibility index (Phi) is 1.40. The number of nitrogens with zero attached hydrogens (tertiary/aromatic N) is 1. The molecule has 1 amide bonds. The van der Waals surface area contributed by atoms with Crippen molar-refractivity contribution in [1.82, 2.24) is 4.90 Å². The van der Waals surface area contributed by atoms with Crippen molar-refractivity contribution >= 4 is 11.9 Å². The Labute approximate surface area is 70.2 Å². The number of carbonyl (C=O) groups is 2. The molecule has 3 unspecified atom stereocenters. The number of carboxylic acid groups (broad SMARTS) is 1. The predicted octanol–water partition coefficient (Wildman–Crippen LogP) is 0.574. The summed E-state index contributed by atoms with van der Waals surface area (Å²) in [6, 6.07) is -0.00926. The maximum Gasteiger partial charge on any atom is 0.407 e. The zero-order valence-corrected chi connectivity index (χ0v) is 6.86. The lowest BCUT2D eigenvalue weighted by Crippen LogP contribution is -2.44. The fraction of sp³-hybridized carbons (Fsp3) is 0.750. The molecule has 2 bridgehead atoms. The van der Waals surface area contributed by atoms with Gasteiger partial charge in [-0.05, 0) is 19.3 Å². The minimum Gasteiger partial charge on any atom is -0.465 e. The lowest BCUT2D eigenvalue weighted by molar-refractivity contribution is -0.125. The molecule has 4 heteroatoms. The van der Waals surface area contributed by atoms with Gasteiger partial charge in [-0.25, -0.2) is 4.79 Å². The Morgan fingerprint density at radius 3 is 2.50 bits per heavy atom. The molecule has 1 N–H and O–H groups in total. The van der Waals surface area contributed by atoms with Crippen molar-refractivity contribution in [2.75, 3.05) is 6.54 Å². The van der Waals surface area contributed by atoms with Gasteiger partial charge in [-0.3, -0.25) is 4.79 Å². The first-order chi connectivity index (χ1) is 5.61. The molecule has 4 nitrogen and oxygen atoms in total. The fourth-order valence-electron chi connectivity index (χ4n) is 2.44. The van der Waals surface area contributed by atoms with Crippen LogP contribution in [0.3, 0.4) is 0 Å². The normalized spacial score (nSPS) is 37.8. The van der Waals surface area contributed by atoms with E-state index in [0.29, 0.717) is 12.5 Å². The summed E-state index contributed by atoms with van der Waals surface area (Å²) in [6.07, 6.45) is 0.00236. The van der Waals surface area contributed by atoms with Gasteiger partial charge >= 0.3 is 6.09 Å². The van der Waals surface area contributed by atoms with Gasteiger partial charge in [0.05, 0.1) is 0 Å². The van der Waals surface area contributed by atoms with Crippen molar-refractivity contribution < 1.29 is 14.7 Å². The number of hydrogen-bond acceptors (Lipinski definition) is 2. The number of Topliss-reactive ketones (excluding diaryl/α,β-unsaturated/α-hetero) is 1. The molecule has 12 heavy (non-hydrogen) atoms.